The van der Waals surface area contributed by atoms with E-state index in [9.17, 15) is 23.1 Å². The molecule has 0 radical (unpaired) electrons. The van der Waals surface area contributed by atoms with E-state index in [1.165, 1.54) is 6.26 Å². The average molecular weight is 642 g/mol. The van der Waals surface area contributed by atoms with E-state index in [-0.39, 0.29) is 16.4 Å². The molecule has 6 aromatic rings. The van der Waals surface area contributed by atoms with Crippen LogP contribution in [-0.4, -0.2) is 41.2 Å². The van der Waals surface area contributed by atoms with Gasteiger partial charge in [0.1, 0.15) is 0 Å². The molecular weight excluding hydrogens is 611 g/mol. The van der Waals surface area contributed by atoms with Gasteiger partial charge in [0.05, 0.1) is 27.1 Å². The highest BCUT2D eigenvalue weighted by Crippen LogP contribution is 2.46. The number of aromatic nitrogens is 2. The second kappa shape index (κ2) is 11.7. The summed E-state index contributed by atoms with van der Waals surface area (Å²) >= 11 is 0. The normalized spacial score (nSPS) is 13.7. The van der Waals surface area contributed by atoms with Gasteiger partial charge in [0, 0.05) is 36.8 Å². The fourth-order valence-corrected chi connectivity index (χ4v) is 6.76. The van der Waals surface area contributed by atoms with Gasteiger partial charge in [-0.3, -0.25) is 9.78 Å². The highest BCUT2D eigenvalue weighted by Gasteiger charge is 2.46. The second-order valence-electron chi connectivity index (χ2n) is 12.1. The number of hydrogen-bond donors (Lipinski definition) is 2. The number of aromatic carboxylic acids is 1. The highest BCUT2D eigenvalue weighted by molar-refractivity contribution is 7.90. The number of nitrogens with zero attached hydrogens (tertiary/aromatic N) is 2. The number of hydrogen-bond acceptors (Lipinski definition) is 5. The van der Waals surface area contributed by atoms with Crippen LogP contribution >= 0.6 is 0 Å². The van der Waals surface area contributed by atoms with E-state index in [4.69, 9.17) is 0 Å². The number of carboxylic acid groups (broad SMARTS) is 1. The van der Waals surface area contributed by atoms with E-state index in [0.29, 0.717) is 17.7 Å². The number of benzene rings is 4. The summed E-state index contributed by atoms with van der Waals surface area (Å²) < 4.78 is 26.7. The van der Waals surface area contributed by atoms with Crippen molar-refractivity contribution >= 4 is 32.6 Å². The molecule has 7 rings (SSSR count). The summed E-state index contributed by atoms with van der Waals surface area (Å²) in [5, 5.41) is 13.4. The number of pyridine rings is 1. The zero-order valence-electron chi connectivity index (χ0n) is 25.6. The number of rotatable bonds is 9. The first kappa shape index (κ1) is 30.1. The molecule has 9 heteroatoms. The third-order valence-corrected chi connectivity index (χ3v) is 9.92. The summed E-state index contributed by atoms with van der Waals surface area (Å²) in [7, 11) is -3.43. The van der Waals surface area contributed by atoms with Crippen molar-refractivity contribution in [3.05, 3.63) is 144 Å². The van der Waals surface area contributed by atoms with Gasteiger partial charge in [-0.2, -0.15) is 0 Å². The quantitative estimate of drug-likeness (QED) is 0.177. The van der Waals surface area contributed by atoms with Crippen molar-refractivity contribution in [2.24, 2.45) is 0 Å². The van der Waals surface area contributed by atoms with Crippen LogP contribution < -0.4 is 5.32 Å². The Morgan fingerprint density at radius 2 is 1.53 bits per heavy atom. The average Bonchev–Trinajstić information content (AvgIpc) is 3.76. The van der Waals surface area contributed by atoms with E-state index >= 15 is 0 Å². The zero-order valence-corrected chi connectivity index (χ0v) is 26.4. The molecule has 0 spiro atoms. The molecule has 2 heterocycles. The van der Waals surface area contributed by atoms with E-state index < -0.39 is 21.3 Å². The third kappa shape index (κ3) is 6.05. The number of carbonyl (C=O) groups excluding carboxylic acids is 1. The Hall–Kier alpha value is -5.54. The maximum absolute atomic E-state index is 14.3. The van der Waals surface area contributed by atoms with Crippen LogP contribution in [0.25, 0.3) is 33.2 Å². The predicted molar refractivity (Wildman–Crippen MR) is 181 cm³/mol. The van der Waals surface area contributed by atoms with Gasteiger partial charge in [-0.15, -0.1) is 0 Å². The molecule has 0 aliphatic heterocycles. The van der Waals surface area contributed by atoms with Crippen LogP contribution in [0.4, 0.5) is 0 Å². The first-order valence-corrected chi connectivity index (χ1v) is 17.1. The van der Waals surface area contributed by atoms with E-state index in [0.717, 1.165) is 51.6 Å². The Morgan fingerprint density at radius 3 is 2.19 bits per heavy atom. The summed E-state index contributed by atoms with van der Waals surface area (Å²) in [6, 6.07) is 31.4. The van der Waals surface area contributed by atoms with Crippen LogP contribution in [0.5, 0.6) is 0 Å². The van der Waals surface area contributed by atoms with Crippen LogP contribution in [0.1, 0.15) is 44.7 Å². The SMILES string of the molecule is CS(=O)(=O)c1cccc(-c2cc(C(=O)NC3(c4ccc(C(=O)O)cc4)CC3)c3c(ccn3Cc3ccc(-c4ccncc4)cc3)c2)c1. The Balaban J connectivity index is 1.28. The van der Waals surface area contributed by atoms with Crippen LogP contribution in [-0.2, 0) is 21.9 Å². The summed E-state index contributed by atoms with van der Waals surface area (Å²) in [6.07, 6.45) is 8.14. The molecule has 0 atom stereocenters. The molecule has 1 aliphatic rings. The monoisotopic (exact) mass is 641 g/mol. The standard InChI is InChI=1S/C38H31N3O5S/c1-47(45,46)33-4-2-3-29(22-33)31-21-30-15-20-41(24-25-5-7-26(8-6-25)27-13-18-39-19-14-27)35(30)34(23-31)36(42)40-38(16-17-38)32-11-9-28(10-12-32)37(43)44/h2-15,18-23H,16-17,24H2,1H3,(H,40,42)(H,43,44). The van der Waals surface area contributed by atoms with E-state index in [1.807, 2.05) is 42.6 Å². The molecule has 47 heavy (non-hydrogen) atoms. The van der Waals surface area contributed by atoms with Gasteiger partial charge in [0.25, 0.3) is 5.91 Å². The molecule has 234 valence electrons. The molecular formula is C38H31N3O5S. The fraction of sp³-hybridized carbons (Fsp3) is 0.132. The lowest BCUT2D eigenvalue weighted by Gasteiger charge is -2.20. The van der Waals surface area contributed by atoms with Gasteiger partial charge in [-0.25, -0.2) is 13.2 Å². The molecule has 1 aliphatic carbocycles. The van der Waals surface area contributed by atoms with Crippen molar-refractivity contribution in [1.29, 1.82) is 0 Å². The summed E-state index contributed by atoms with van der Waals surface area (Å²) in [5.74, 6) is -1.26. The second-order valence-corrected chi connectivity index (χ2v) is 14.1. The number of fused-ring (bicyclic) bond motifs is 1. The number of carbonyl (C=O) groups is 2. The molecule has 2 N–H and O–H groups in total. The minimum Gasteiger partial charge on any atom is -0.478 e. The number of carboxylic acids is 1. The Bertz CT molecular complexity index is 2260. The lowest BCUT2D eigenvalue weighted by molar-refractivity contribution is 0.0696. The molecule has 1 amide bonds. The Morgan fingerprint density at radius 1 is 0.830 bits per heavy atom. The smallest absolute Gasteiger partial charge is 0.335 e. The minimum absolute atomic E-state index is 0.188. The van der Waals surface area contributed by atoms with Gasteiger partial charge < -0.3 is 15.0 Å². The van der Waals surface area contributed by atoms with Crippen molar-refractivity contribution < 1.29 is 23.1 Å². The molecule has 1 saturated carbocycles. The topological polar surface area (TPSA) is 118 Å². The molecule has 0 unspecified atom stereocenters. The van der Waals surface area contributed by atoms with Crippen molar-refractivity contribution in [3.63, 3.8) is 0 Å². The van der Waals surface area contributed by atoms with Gasteiger partial charge in [0.15, 0.2) is 9.84 Å². The van der Waals surface area contributed by atoms with Crippen LogP contribution in [0.15, 0.2) is 127 Å². The van der Waals surface area contributed by atoms with Crippen LogP contribution in [0.2, 0.25) is 0 Å². The fourth-order valence-electron chi connectivity index (χ4n) is 6.10. The largest absolute Gasteiger partial charge is 0.478 e. The van der Waals surface area contributed by atoms with Gasteiger partial charge in [-0.05, 0) is 101 Å². The third-order valence-electron chi connectivity index (χ3n) is 8.81. The molecule has 1 fully saturated rings. The number of amides is 1. The minimum atomic E-state index is -3.43. The maximum atomic E-state index is 14.3. The van der Waals surface area contributed by atoms with Crippen LogP contribution in [0, 0.1) is 0 Å². The van der Waals surface area contributed by atoms with Crippen molar-refractivity contribution in [1.82, 2.24) is 14.9 Å². The van der Waals surface area contributed by atoms with Gasteiger partial charge in [-0.1, -0.05) is 48.5 Å². The number of sulfone groups is 1. The molecule has 4 aromatic carbocycles. The molecule has 2 aromatic heterocycles. The highest BCUT2D eigenvalue weighted by atomic mass is 32.2. The molecule has 0 saturated heterocycles. The van der Waals surface area contributed by atoms with Crippen LogP contribution in [0.3, 0.4) is 0 Å². The van der Waals surface area contributed by atoms with E-state index in [1.54, 1.807) is 54.9 Å². The summed E-state index contributed by atoms with van der Waals surface area (Å²) in [5.41, 5.74) is 6.33. The van der Waals surface area contributed by atoms with Crippen molar-refractivity contribution in [3.8, 4) is 22.3 Å². The zero-order chi connectivity index (χ0) is 32.8. The first-order valence-electron chi connectivity index (χ1n) is 15.2. The van der Waals surface area contributed by atoms with Gasteiger partial charge >= 0.3 is 5.97 Å². The summed E-state index contributed by atoms with van der Waals surface area (Å²) in [6.45, 7) is 0.533. The lowest BCUT2D eigenvalue weighted by atomic mass is 9.98. The van der Waals surface area contributed by atoms with E-state index in [2.05, 4.69) is 39.1 Å². The molecule has 0 bridgehead atoms. The van der Waals surface area contributed by atoms with Crippen molar-refractivity contribution in [2.75, 3.05) is 6.26 Å². The Labute approximate surface area is 272 Å². The number of nitrogens with one attached hydrogen (secondary N) is 1. The lowest BCUT2D eigenvalue weighted by Crippen LogP contribution is -2.35. The molecule has 8 nitrogen and oxygen atoms in total. The van der Waals surface area contributed by atoms with Crippen molar-refractivity contribution in [2.45, 2.75) is 29.8 Å². The summed E-state index contributed by atoms with van der Waals surface area (Å²) in [4.78, 5) is 30.0. The maximum Gasteiger partial charge on any atom is 0.335 e. The predicted octanol–water partition coefficient (Wildman–Crippen LogP) is 6.94. The van der Waals surface area contributed by atoms with Gasteiger partial charge in [0.2, 0.25) is 0 Å². The Kier molecular flexibility index (Phi) is 7.48. The first-order chi connectivity index (χ1) is 22.6.